The fraction of sp³-hybridized carbons (Fsp3) is 1.00. The van der Waals surface area contributed by atoms with E-state index < -0.39 is 46.2 Å². The summed E-state index contributed by atoms with van der Waals surface area (Å²) in [6.07, 6.45) is 1.09. The van der Waals surface area contributed by atoms with Crippen molar-refractivity contribution in [2.24, 2.45) is 0 Å². The Morgan fingerprint density at radius 3 is 1.32 bits per heavy atom. The molecule has 0 aromatic heterocycles. The van der Waals surface area contributed by atoms with E-state index in [1.165, 1.54) is 0 Å². The zero-order valence-corrected chi connectivity index (χ0v) is 12.5. The first-order chi connectivity index (χ1) is 8.52. The van der Waals surface area contributed by atoms with Gasteiger partial charge in [-0.3, -0.25) is 8.37 Å². The smallest absolute Gasteiger partial charge is 0.265 e. The van der Waals surface area contributed by atoms with Crippen LogP contribution in [0.5, 0.6) is 0 Å². The minimum atomic E-state index is -4.79. The van der Waals surface area contributed by atoms with Gasteiger partial charge in [-0.15, -0.1) is 0 Å². The van der Waals surface area contributed by atoms with E-state index in [1.807, 2.05) is 0 Å². The van der Waals surface area contributed by atoms with Crippen LogP contribution >= 0.6 is 0 Å². The predicted molar refractivity (Wildman–Crippen MR) is 64.7 cm³/mol. The quantitative estimate of drug-likeness (QED) is 0.562. The van der Waals surface area contributed by atoms with Crippen LogP contribution < -0.4 is 0 Å². The Balaban J connectivity index is 2.35. The fourth-order valence-corrected chi connectivity index (χ4v) is 7.82. The Morgan fingerprint density at radius 2 is 1.11 bits per heavy atom. The van der Waals surface area contributed by atoms with Crippen LogP contribution in [0, 0.1) is 0 Å². The average molecular weight is 334 g/mol. The van der Waals surface area contributed by atoms with Crippen LogP contribution in [-0.4, -0.2) is 47.6 Å². The number of sulfone groups is 1. The fourth-order valence-electron chi connectivity index (χ4n) is 1.37. The molecule has 11 heteroatoms. The zero-order valence-electron chi connectivity index (χ0n) is 10.1. The van der Waals surface area contributed by atoms with Crippen LogP contribution in [0.4, 0.5) is 0 Å². The molecule has 0 aromatic rings. The third-order valence-electron chi connectivity index (χ3n) is 2.41. The van der Waals surface area contributed by atoms with Crippen LogP contribution in [0.3, 0.4) is 0 Å². The molecule has 0 N–H and O–H groups in total. The third kappa shape index (κ3) is 3.88. The average Bonchev–Trinajstić information content (AvgIpc) is 2.95. The van der Waals surface area contributed by atoms with Gasteiger partial charge in [0.05, 0.1) is 12.2 Å². The molecule has 2 aliphatic rings. The molecule has 0 heterocycles. The summed E-state index contributed by atoms with van der Waals surface area (Å²) in [5.74, 6) is 0. The SMILES string of the molecule is CS(=O)(=O)C(S(=O)(=O)OC1CC1)S(=O)(=O)OC1CC1. The zero-order chi connectivity index (χ0) is 14.5. The Bertz CT molecular complexity index is 607. The van der Waals surface area contributed by atoms with Crippen LogP contribution in [0.25, 0.3) is 0 Å². The molecule has 0 aromatic carbocycles. The maximum atomic E-state index is 11.8. The van der Waals surface area contributed by atoms with Crippen molar-refractivity contribution in [2.75, 3.05) is 6.26 Å². The summed E-state index contributed by atoms with van der Waals surface area (Å²) in [7, 11) is -14.0. The van der Waals surface area contributed by atoms with Gasteiger partial charge in [-0.05, 0) is 25.7 Å². The van der Waals surface area contributed by atoms with Crippen molar-refractivity contribution in [3.05, 3.63) is 0 Å². The molecule has 0 spiro atoms. The molecule has 2 saturated carbocycles. The maximum absolute atomic E-state index is 11.8. The third-order valence-corrected chi connectivity index (χ3v) is 10.1. The second kappa shape index (κ2) is 4.65. The van der Waals surface area contributed by atoms with Crippen LogP contribution in [-0.2, 0) is 38.4 Å². The van der Waals surface area contributed by atoms with E-state index in [0.717, 1.165) is 0 Å². The van der Waals surface area contributed by atoms with Crippen molar-refractivity contribution in [3.8, 4) is 0 Å². The van der Waals surface area contributed by atoms with Crippen molar-refractivity contribution < 1.29 is 33.6 Å². The molecule has 0 aliphatic heterocycles. The second-order valence-corrected chi connectivity index (χ2v) is 11.0. The molecule has 2 aliphatic carbocycles. The number of hydrogen-bond donors (Lipinski definition) is 0. The molecule has 0 bridgehead atoms. The van der Waals surface area contributed by atoms with Gasteiger partial charge in [0.2, 0.25) is 0 Å². The molecule has 0 unspecified atom stereocenters. The number of rotatable bonds is 7. The molecule has 19 heavy (non-hydrogen) atoms. The summed E-state index contributed by atoms with van der Waals surface area (Å²) in [4.78, 5) is 0. The van der Waals surface area contributed by atoms with Gasteiger partial charge < -0.3 is 0 Å². The molecular formula is C8H14O8S3. The number of hydrogen-bond acceptors (Lipinski definition) is 8. The van der Waals surface area contributed by atoms with E-state index in [9.17, 15) is 25.3 Å². The summed E-state index contributed by atoms with van der Waals surface area (Å²) in [6.45, 7) is 0. The Labute approximate surface area is 112 Å². The second-order valence-electron chi connectivity index (χ2n) is 4.69. The van der Waals surface area contributed by atoms with E-state index in [2.05, 4.69) is 8.37 Å². The molecule has 2 fully saturated rings. The Hall–Kier alpha value is -0.230. The monoisotopic (exact) mass is 334 g/mol. The van der Waals surface area contributed by atoms with Crippen molar-refractivity contribution >= 4 is 30.1 Å². The van der Waals surface area contributed by atoms with Gasteiger partial charge >= 0.3 is 24.2 Å². The topological polar surface area (TPSA) is 121 Å². The molecular weight excluding hydrogens is 320 g/mol. The van der Waals surface area contributed by atoms with Crippen molar-refractivity contribution in [2.45, 2.75) is 41.8 Å². The lowest BCUT2D eigenvalue weighted by atomic mass is 10.9. The van der Waals surface area contributed by atoms with E-state index in [1.54, 1.807) is 0 Å². The standard InChI is InChI=1S/C8H14O8S3/c1-17(9,10)8(18(11,12)15-6-2-3-6)19(13,14)16-7-4-5-7/h6-8H,2-5H2,1H3. The molecule has 0 atom stereocenters. The lowest BCUT2D eigenvalue weighted by Gasteiger charge is -2.15. The van der Waals surface area contributed by atoms with Gasteiger partial charge in [0.1, 0.15) is 0 Å². The maximum Gasteiger partial charge on any atom is 0.311 e. The van der Waals surface area contributed by atoms with Crippen molar-refractivity contribution in [1.29, 1.82) is 0 Å². The lowest BCUT2D eigenvalue weighted by Crippen LogP contribution is -2.40. The highest BCUT2D eigenvalue weighted by atomic mass is 32.3. The van der Waals surface area contributed by atoms with E-state index in [0.29, 0.717) is 31.9 Å². The van der Waals surface area contributed by atoms with Gasteiger partial charge in [0.25, 0.3) is 0 Å². The van der Waals surface area contributed by atoms with Gasteiger partial charge in [-0.25, -0.2) is 8.42 Å². The Morgan fingerprint density at radius 1 is 0.789 bits per heavy atom. The first-order valence-corrected chi connectivity index (χ1v) is 10.5. The largest absolute Gasteiger partial charge is 0.311 e. The molecule has 2 rings (SSSR count). The first-order valence-electron chi connectivity index (χ1n) is 5.55. The summed E-state index contributed by atoms with van der Waals surface area (Å²) < 4.78 is 76.7. The summed E-state index contributed by atoms with van der Waals surface area (Å²) in [6, 6.07) is 0. The summed E-state index contributed by atoms with van der Waals surface area (Å²) >= 11 is 0. The van der Waals surface area contributed by atoms with Crippen molar-refractivity contribution in [3.63, 3.8) is 0 Å². The highest BCUT2D eigenvalue weighted by molar-refractivity contribution is 8.21. The molecule has 0 amide bonds. The van der Waals surface area contributed by atoms with Gasteiger partial charge in [0, 0.05) is 6.26 Å². The van der Waals surface area contributed by atoms with Crippen LogP contribution in [0.2, 0.25) is 0 Å². The van der Waals surface area contributed by atoms with E-state index in [-0.39, 0.29) is 0 Å². The summed E-state index contributed by atoms with van der Waals surface area (Å²) in [5.41, 5.74) is 0. The molecule has 0 radical (unpaired) electrons. The highest BCUT2D eigenvalue weighted by Crippen LogP contribution is 2.33. The van der Waals surface area contributed by atoms with Gasteiger partial charge in [0.15, 0.2) is 9.84 Å². The minimum absolute atomic E-state index is 0.458. The van der Waals surface area contributed by atoms with E-state index >= 15 is 0 Å². The van der Waals surface area contributed by atoms with Gasteiger partial charge in [-0.2, -0.15) is 16.8 Å². The molecule has 112 valence electrons. The van der Waals surface area contributed by atoms with Crippen LogP contribution in [0.15, 0.2) is 0 Å². The van der Waals surface area contributed by atoms with Crippen molar-refractivity contribution in [1.82, 2.24) is 0 Å². The highest BCUT2D eigenvalue weighted by Gasteiger charge is 2.51. The summed E-state index contributed by atoms with van der Waals surface area (Å²) in [5, 5.41) is 0. The lowest BCUT2D eigenvalue weighted by molar-refractivity contribution is 0.294. The Kier molecular flexibility index (Phi) is 3.71. The van der Waals surface area contributed by atoms with Crippen LogP contribution in [0.1, 0.15) is 25.7 Å². The molecule has 8 nitrogen and oxygen atoms in total. The normalized spacial score (nSPS) is 21.8. The van der Waals surface area contributed by atoms with E-state index in [4.69, 9.17) is 0 Å². The predicted octanol–water partition coefficient (Wildman–Crippen LogP) is -0.668. The van der Waals surface area contributed by atoms with Gasteiger partial charge in [-0.1, -0.05) is 0 Å². The minimum Gasteiger partial charge on any atom is -0.265 e. The molecule has 0 saturated heterocycles. The first kappa shape index (κ1) is 15.2.